The number of carbonyl (C=O) groups is 2. The molecular weight excluding hydrogens is 517 g/mol. The van der Waals surface area contributed by atoms with Crippen molar-refractivity contribution < 1.29 is 22.4 Å². The summed E-state index contributed by atoms with van der Waals surface area (Å²) >= 11 is 0. The summed E-state index contributed by atoms with van der Waals surface area (Å²) in [5.41, 5.74) is 3.53. The van der Waals surface area contributed by atoms with E-state index in [2.05, 4.69) is 5.32 Å². The smallest absolute Gasteiger partial charge is 0.264 e. The van der Waals surface area contributed by atoms with Gasteiger partial charge in [0, 0.05) is 13.1 Å². The lowest BCUT2D eigenvalue weighted by Crippen LogP contribution is -2.51. The second kappa shape index (κ2) is 12.9. The van der Waals surface area contributed by atoms with Crippen LogP contribution in [0.2, 0.25) is 0 Å². The predicted octanol–water partition coefficient (Wildman–Crippen LogP) is 4.89. The SMILES string of the molecule is CCCNC(=O)[C@H](C)N(Cc1ccc(F)cc1)C(=O)CN(c1ccc(C)cc1C)S(=O)(=O)c1ccc(C)cc1. The molecule has 0 spiro atoms. The first-order chi connectivity index (χ1) is 18.4. The first-order valence-electron chi connectivity index (χ1n) is 12.9. The van der Waals surface area contributed by atoms with E-state index >= 15 is 0 Å². The summed E-state index contributed by atoms with van der Waals surface area (Å²) in [6.07, 6.45) is 0.722. The maximum Gasteiger partial charge on any atom is 0.264 e. The van der Waals surface area contributed by atoms with Gasteiger partial charge in [0.25, 0.3) is 10.0 Å². The van der Waals surface area contributed by atoms with Crippen molar-refractivity contribution in [3.05, 3.63) is 94.8 Å². The van der Waals surface area contributed by atoms with Gasteiger partial charge in [0.15, 0.2) is 0 Å². The topological polar surface area (TPSA) is 86.8 Å². The summed E-state index contributed by atoms with van der Waals surface area (Å²) in [4.78, 5) is 28.2. The number of rotatable bonds is 11. The first-order valence-corrected chi connectivity index (χ1v) is 14.4. The van der Waals surface area contributed by atoms with Crippen molar-refractivity contribution in [2.45, 2.75) is 58.5 Å². The number of sulfonamides is 1. The molecule has 0 aliphatic carbocycles. The minimum atomic E-state index is -4.14. The highest BCUT2D eigenvalue weighted by atomic mass is 32.2. The molecule has 0 aromatic heterocycles. The predicted molar refractivity (Wildman–Crippen MR) is 151 cm³/mol. The van der Waals surface area contributed by atoms with Crippen LogP contribution in [0.1, 0.15) is 42.5 Å². The van der Waals surface area contributed by atoms with E-state index in [1.807, 2.05) is 26.8 Å². The minimum absolute atomic E-state index is 0.00508. The van der Waals surface area contributed by atoms with Crippen LogP contribution in [0.5, 0.6) is 0 Å². The van der Waals surface area contributed by atoms with Gasteiger partial charge in [-0.15, -0.1) is 0 Å². The summed E-state index contributed by atoms with van der Waals surface area (Å²) in [7, 11) is -4.14. The number of nitrogens with zero attached hydrogens (tertiary/aromatic N) is 2. The maximum atomic E-state index is 13.9. The number of hydrogen-bond donors (Lipinski definition) is 1. The molecule has 0 unspecified atom stereocenters. The molecule has 0 aliphatic rings. The highest BCUT2D eigenvalue weighted by molar-refractivity contribution is 7.92. The Morgan fingerprint density at radius 1 is 0.923 bits per heavy atom. The molecule has 0 heterocycles. The fourth-order valence-electron chi connectivity index (χ4n) is 4.20. The van der Waals surface area contributed by atoms with Gasteiger partial charge in [0.1, 0.15) is 18.4 Å². The lowest BCUT2D eigenvalue weighted by Gasteiger charge is -2.32. The van der Waals surface area contributed by atoms with Gasteiger partial charge < -0.3 is 10.2 Å². The minimum Gasteiger partial charge on any atom is -0.354 e. The van der Waals surface area contributed by atoms with Crippen molar-refractivity contribution in [2.75, 3.05) is 17.4 Å². The number of halogens is 1. The number of amides is 2. The van der Waals surface area contributed by atoms with E-state index in [9.17, 15) is 22.4 Å². The van der Waals surface area contributed by atoms with E-state index in [1.54, 1.807) is 38.1 Å². The van der Waals surface area contributed by atoms with Crippen LogP contribution < -0.4 is 9.62 Å². The van der Waals surface area contributed by atoms with E-state index < -0.39 is 34.3 Å². The lowest BCUT2D eigenvalue weighted by atomic mass is 10.1. The third-order valence-electron chi connectivity index (χ3n) is 6.49. The first kappa shape index (κ1) is 29.8. The molecular formula is C30H36FN3O4S. The molecule has 39 heavy (non-hydrogen) atoms. The molecule has 9 heteroatoms. The Morgan fingerprint density at radius 2 is 1.54 bits per heavy atom. The zero-order chi connectivity index (χ0) is 28.7. The summed E-state index contributed by atoms with van der Waals surface area (Å²) in [6, 6.07) is 16.5. The van der Waals surface area contributed by atoms with Crippen LogP contribution in [-0.4, -0.2) is 44.3 Å². The van der Waals surface area contributed by atoms with Gasteiger partial charge in [-0.25, -0.2) is 12.8 Å². The van der Waals surface area contributed by atoms with Crippen molar-refractivity contribution in [1.29, 1.82) is 0 Å². The molecule has 208 valence electrons. The third kappa shape index (κ3) is 7.44. The van der Waals surface area contributed by atoms with E-state index in [0.29, 0.717) is 23.4 Å². The Morgan fingerprint density at radius 3 is 2.13 bits per heavy atom. The quantitative estimate of drug-likeness (QED) is 0.366. The number of nitrogens with one attached hydrogen (secondary N) is 1. The Bertz CT molecular complexity index is 1410. The number of anilines is 1. The Labute approximate surface area is 230 Å². The molecule has 7 nitrogen and oxygen atoms in total. The number of carbonyl (C=O) groups excluding carboxylic acids is 2. The highest BCUT2D eigenvalue weighted by Gasteiger charge is 2.33. The Balaban J connectivity index is 2.05. The van der Waals surface area contributed by atoms with Crippen LogP contribution in [0, 0.1) is 26.6 Å². The average molecular weight is 554 g/mol. The Hall–Kier alpha value is -3.72. The van der Waals surface area contributed by atoms with Crippen molar-refractivity contribution >= 4 is 27.5 Å². The zero-order valence-corrected chi connectivity index (χ0v) is 23.9. The third-order valence-corrected chi connectivity index (χ3v) is 8.27. The zero-order valence-electron chi connectivity index (χ0n) is 23.1. The molecule has 3 rings (SSSR count). The largest absolute Gasteiger partial charge is 0.354 e. The summed E-state index contributed by atoms with van der Waals surface area (Å²) < 4.78 is 42.5. The molecule has 2 amide bonds. The average Bonchev–Trinajstić information content (AvgIpc) is 2.90. The molecule has 0 bridgehead atoms. The van der Waals surface area contributed by atoms with Crippen molar-refractivity contribution in [3.8, 4) is 0 Å². The van der Waals surface area contributed by atoms with Crippen molar-refractivity contribution in [1.82, 2.24) is 10.2 Å². The van der Waals surface area contributed by atoms with Crippen LogP contribution in [0.25, 0.3) is 0 Å². The van der Waals surface area contributed by atoms with Crippen LogP contribution in [0.4, 0.5) is 10.1 Å². The van der Waals surface area contributed by atoms with E-state index in [4.69, 9.17) is 0 Å². The van der Waals surface area contributed by atoms with E-state index in [0.717, 1.165) is 21.9 Å². The molecule has 0 saturated carbocycles. The van der Waals surface area contributed by atoms with Gasteiger partial charge in [0.05, 0.1) is 10.6 Å². The summed E-state index contributed by atoms with van der Waals surface area (Å²) in [5, 5.41) is 2.80. The number of hydrogen-bond acceptors (Lipinski definition) is 4. The van der Waals surface area contributed by atoms with Crippen LogP contribution in [0.15, 0.2) is 71.6 Å². The summed E-state index contributed by atoms with van der Waals surface area (Å²) in [5.74, 6) is -1.34. The van der Waals surface area contributed by atoms with Crippen LogP contribution >= 0.6 is 0 Å². The molecule has 0 aliphatic heterocycles. The van der Waals surface area contributed by atoms with E-state index in [1.165, 1.54) is 41.3 Å². The van der Waals surface area contributed by atoms with Gasteiger partial charge >= 0.3 is 0 Å². The van der Waals surface area contributed by atoms with Gasteiger partial charge in [-0.3, -0.25) is 13.9 Å². The monoisotopic (exact) mass is 553 g/mol. The van der Waals surface area contributed by atoms with Gasteiger partial charge in [-0.2, -0.15) is 0 Å². The molecule has 3 aromatic rings. The fraction of sp³-hybridized carbons (Fsp3) is 0.333. The Kier molecular flexibility index (Phi) is 9.86. The standard InChI is InChI=1S/C30H36FN3O4S/c1-6-17-32-30(36)24(5)33(19-25-10-12-26(31)13-11-25)29(35)20-34(28-16-9-22(3)18-23(28)4)39(37,38)27-14-7-21(2)8-15-27/h7-16,18,24H,6,17,19-20H2,1-5H3,(H,32,36)/t24-/m0/s1. The lowest BCUT2D eigenvalue weighted by molar-refractivity contribution is -0.139. The van der Waals surface area contributed by atoms with Crippen LogP contribution in [0.3, 0.4) is 0 Å². The fourth-order valence-corrected chi connectivity index (χ4v) is 5.68. The molecule has 1 N–H and O–H groups in total. The number of aryl methyl sites for hydroxylation is 3. The van der Waals surface area contributed by atoms with E-state index in [-0.39, 0.29) is 17.3 Å². The molecule has 0 saturated heterocycles. The van der Waals surface area contributed by atoms with Gasteiger partial charge in [-0.05, 0) is 75.6 Å². The molecule has 0 fully saturated rings. The highest BCUT2D eigenvalue weighted by Crippen LogP contribution is 2.28. The van der Waals surface area contributed by atoms with Crippen molar-refractivity contribution in [2.24, 2.45) is 0 Å². The molecule has 1 atom stereocenters. The second-order valence-corrected chi connectivity index (χ2v) is 11.6. The normalized spacial score (nSPS) is 12.1. The van der Waals surface area contributed by atoms with Crippen molar-refractivity contribution in [3.63, 3.8) is 0 Å². The molecule has 3 aromatic carbocycles. The second-order valence-electron chi connectivity index (χ2n) is 9.73. The van der Waals surface area contributed by atoms with Gasteiger partial charge in [-0.1, -0.05) is 54.4 Å². The molecule has 0 radical (unpaired) electrons. The van der Waals surface area contributed by atoms with Crippen LogP contribution in [-0.2, 0) is 26.2 Å². The van der Waals surface area contributed by atoms with Gasteiger partial charge in [0.2, 0.25) is 11.8 Å². The summed E-state index contributed by atoms with van der Waals surface area (Å²) in [6.45, 7) is 9.01. The maximum absolute atomic E-state index is 13.9. The number of benzene rings is 3.